The van der Waals surface area contributed by atoms with Crippen molar-refractivity contribution in [1.82, 2.24) is 5.32 Å². The molecule has 0 bridgehead atoms. The maximum Gasteiger partial charge on any atom is 0.252 e. The van der Waals surface area contributed by atoms with Gasteiger partial charge in [-0.3, -0.25) is 4.79 Å². The predicted molar refractivity (Wildman–Crippen MR) is 77.7 cm³/mol. The second kappa shape index (κ2) is 5.04. The molecule has 0 aliphatic heterocycles. The van der Waals surface area contributed by atoms with Crippen LogP contribution < -0.4 is 5.32 Å². The topological polar surface area (TPSA) is 29.1 Å². The number of halogens is 1. The molecule has 1 N–H and O–H groups in total. The van der Waals surface area contributed by atoms with E-state index in [2.05, 4.69) is 35.1 Å². The number of rotatable bonds is 4. The molecule has 0 unspecified atom stereocenters. The van der Waals surface area contributed by atoms with Crippen LogP contribution >= 0.6 is 15.9 Å². The first kappa shape index (κ1) is 13.6. The van der Waals surface area contributed by atoms with Crippen molar-refractivity contribution in [3.8, 4) is 0 Å². The highest BCUT2D eigenvalue weighted by Crippen LogP contribution is 2.51. The molecule has 1 amide bonds. The highest BCUT2D eigenvalue weighted by molar-refractivity contribution is 9.10. The molecule has 0 spiro atoms. The van der Waals surface area contributed by atoms with Crippen LogP contribution in [0.1, 0.15) is 42.6 Å². The summed E-state index contributed by atoms with van der Waals surface area (Å²) >= 11 is 3.48. The summed E-state index contributed by atoms with van der Waals surface area (Å²) in [7, 11) is 0. The Morgan fingerprint density at radius 2 is 2.11 bits per heavy atom. The highest BCUT2D eigenvalue weighted by atomic mass is 79.9. The molecule has 18 heavy (non-hydrogen) atoms. The molecule has 98 valence electrons. The number of benzene rings is 1. The number of carbonyl (C=O) groups is 1. The normalized spacial score (nSPS) is 16.7. The molecule has 2 rings (SSSR count). The summed E-state index contributed by atoms with van der Waals surface area (Å²) in [6, 6.07) is 5.78. The van der Waals surface area contributed by atoms with Gasteiger partial charge in [-0.1, -0.05) is 26.0 Å². The Bertz CT molecular complexity index is 464. The standard InChI is InChI=1S/C15H20BrNO/c1-10(2)15(7-8-15)9-17-14(18)12-6-4-5-11(3)13(12)16/h4-6,10H,7-9H2,1-3H3,(H,17,18). The summed E-state index contributed by atoms with van der Waals surface area (Å²) in [5, 5.41) is 3.08. The van der Waals surface area contributed by atoms with Gasteiger partial charge in [0.05, 0.1) is 5.56 Å². The van der Waals surface area contributed by atoms with Crippen LogP contribution in [-0.2, 0) is 0 Å². The van der Waals surface area contributed by atoms with Crippen molar-refractivity contribution in [2.24, 2.45) is 11.3 Å². The Balaban J connectivity index is 2.03. The maximum atomic E-state index is 12.2. The lowest BCUT2D eigenvalue weighted by Gasteiger charge is -2.20. The van der Waals surface area contributed by atoms with E-state index in [0.717, 1.165) is 22.1 Å². The van der Waals surface area contributed by atoms with E-state index in [-0.39, 0.29) is 5.91 Å². The number of carbonyl (C=O) groups excluding carboxylic acids is 1. The molecular weight excluding hydrogens is 290 g/mol. The minimum atomic E-state index is 0.0255. The lowest BCUT2D eigenvalue weighted by atomic mass is 9.92. The zero-order chi connectivity index (χ0) is 13.3. The average Bonchev–Trinajstić information content (AvgIpc) is 3.11. The Hall–Kier alpha value is -0.830. The molecule has 1 aromatic carbocycles. The summed E-state index contributed by atoms with van der Waals surface area (Å²) in [6.45, 7) is 7.27. The first-order valence-electron chi connectivity index (χ1n) is 6.49. The first-order valence-corrected chi connectivity index (χ1v) is 7.29. The SMILES string of the molecule is Cc1cccc(C(=O)NCC2(C(C)C)CC2)c1Br. The molecule has 0 atom stereocenters. The number of hydrogen-bond donors (Lipinski definition) is 1. The second-order valence-corrected chi connectivity index (χ2v) is 6.43. The lowest BCUT2D eigenvalue weighted by molar-refractivity contribution is 0.0939. The number of amides is 1. The van der Waals surface area contributed by atoms with Crippen LogP contribution in [0.2, 0.25) is 0 Å². The zero-order valence-electron chi connectivity index (χ0n) is 11.2. The Labute approximate surface area is 117 Å². The molecule has 0 saturated heterocycles. The fourth-order valence-electron chi connectivity index (χ4n) is 2.29. The minimum absolute atomic E-state index is 0.0255. The second-order valence-electron chi connectivity index (χ2n) is 5.64. The van der Waals surface area contributed by atoms with Crippen molar-refractivity contribution in [3.05, 3.63) is 33.8 Å². The van der Waals surface area contributed by atoms with Gasteiger partial charge in [0.1, 0.15) is 0 Å². The van der Waals surface area contributed by atoms with Crippen LogP contribution in [0.3, 0.4) is 0 Å². The third kappa shape index (κ3) is 2.61. The third-order valence-corrected chi connectivity index (χ3v) is 5.21. The fourth-order valence-corrected chi connectivity index (χ4v) is 2.74. The molecular formula is C15H20BrNO. The number of nitrogens with one attached hydrogen (secondary N) is 1. The van der Waals surface area contributed by atoms with Crippen LogP contribution in [0, 0.1) is 18.3 Å². The molecule has 1 fully saturated rings. The molecule has 0 heterocycles. The molecule has 1 aliphatic rings. The van der Waals surface area contributed by atoms with Gasteiger partial charge in [-0.2, -0.15) is 0 Å². The van der Waals surface area contributed by atoms with E-state index in [9.17, 15) is 4.79 Å². The van der Waals surface area contributed by atoms with Crippen molar-refractivity contribution in [1.29, 1.82) is 0 Å². The van der Waals surface area contributed by atoms with Gasteiger partial charge >= 0.3 is 0 Å². The van der Waals surface area contributed by atoms with Gasteiger partial charge in [-0.05, 0) is 58.7 Å². The van der Waals surface area contributed by atoms with E-state index in [0.29, 0.717) is 11.3 Å². The molecule has 0 radical (unpaired) electrons. The molecule has 2 nitrogen and oxygen atoms in total. The summed E-state index contributed by atoms with van der Waals surface area (Å²) in [4.78, 5) is 12.2. The van der Waals surface area contributed by atoms with Gasteiger partial charge < -0.3 is 5.32 Å². The van der Waals surface area contributed by atoms with E-state index < -0.39 is 0 Å². The van der Waals surface area contributed by atoms with Crippen LogP contribution in [0.5, 0.6) is 0 Å². The van der Waals surface area contributed by atoms with Crippen LogP contribution in [0.15, 0.2) is 22.7 Å². The van der Waals surface area contributed by atoms with Crippen molar-refractivity contribution in [2.45, 2.75) is 33.6 Å². The van der Waals surface area contributed by atoms with E-state index in [1.54, 1.807) is 0 Å². The zero-order valence-corrected chi connectivity index (χ0v) is 12.8. The van der Waals surface area contributed by atoms with Gasteiger partial charge in [0.15, 0.2) is 0 Å². The van der Waals surface area contributed by atoms with Gasteiger partial charge in [0.25, 0.3) is 5.91 Å². The Morgan fingerprint density at radius 3 is 2.67 bits per heavy atom. The first-order chi connectivity index (χ1) is 8.46. The Morgan fingerprint density at radius 1 is 1.44 bits per heavy atom. The quantitative estimate of drug-likeness (QED) is 0.897. The Kier molecular flexibility index (Phi) is 3.81. The maximum absolute atomic E-state index is 12.2. The van der Waals surface area contributed by atoms with E-state index in [1.807, 2.05) is 25.1 Å². The van der Waals surface area contributed by atoms with Gasteiger partial charge in [-0.15, -0.1) is 0 Å². The summed E-state index contributed by atoms with van der Waals surface area (Å²) in [5.41, 5.74) is 2.17. The van der Waals surface area contributed by atoms with Crippen molar-refractivity contribution in [2.75, 3.05) is 6.54 Å². The summed E-state index contributed by atoms with van der Waals surface area (Å²) < 4.78 is 0.900. The molecule has 1 aliphatic carbocycles. The van der Waals surface area contributed by atoms with Crippen LogP contribution in [0.4, 0.5) is 0 Å². The number of aryl methyl sites for hydroxylation is 1. The largest absolute Gasteiger partial charge is 0.351 e. The lowest BCUT2D eigenvalue weighted by Crippen LogP contribution is -2.32. The van der Waals surface area contributed by atoms with Crippen molar-refractivity contribution >= 4 is 21.8 Å². The van der Waals surface area contributed by atoms with E-state index >= 15 is 0 Å². The van der Waals surface area contributed by atoms with Crippen molar-refractivity contribution in [3.63, 3.8) is 0 Å². The van der Waals surface area contributed by atoms with Crippen LogP contribution in [-0.4, -0.2) is 12.5 Å². The summed E-state index contributed by atoms with van der Waals surface area (Å²) in [6.07, 6.45) is 2.47. The number of hydrogen-bond acceptors (Lipinski definition) is 1. The monoisotopic (exact) mass is 309 g/mol. The van der Waals surface area contributed by atoms with E-state index in [4.69, 9.17) is 0 Å². The molecule has 1 saturated carbocycles. The van der Waals surface area contributed by atoms with Gasteiger partial charge in [0, 0.05) is 11.0 Å². The van der Waals surface area contributed by atoms with E-state index in [1.165, 1.54) is 12.8 Å². The van der Waals surface area contributed by atoms with Gasteiger partial charge in [0.2, 0.25) is 0 Å². The summed E-state index contributed by atoms with van der Waals surface area (Å²) in [5.74, 6) is 0.663. The van der Waals surface area contributed by atoms with Crippen LogP contribution in [0.25, 0.3) is 0 Å². The fraction of sp³-hybridized carbons (Fsp3) is 0.533. The highest BCUT2D eigenvalue weighted by Gasteiger charge is 2.45. The molecule has 3 heteroatoms. The predicted octanol–water partition coefficient (Wildman–Crippen LogP) is 3.92. The smallest absolute Gasteiger partial charge is 0.252 e. The average molecular weight is 310 g/mol. The van der Waals surface area contributed by atoms with Gasteiger partial charge in [-0.25, -0.2) is 0 Å². The minimum Gasteiger partial charge on any atom is -0.351 e. The van der Waals surface area contributed by atoms with Crippen molar-refractivity contribution < 1.29 is 4.79 Å². The third-order valence-electron chi connectivity index (χ3n) is 4.15. The molecule has 0 aromatic heterocycles. The molecule has 1 aromatic rings.